The van der Waals surface area contributed by atoms with Gasteiger partial charge in [-0.15, -0.1) is 0 Å². The van der Waals surface area contributed by atoms with E-state index in [1.54, 1.807) is 16.9 Å². The van der Waals surface area contributed by atoms with E-state index in [9.17, 15) is 9.59 Å². The number of carboxylic acids is 1. The SMILES string of the molecule is COc1cc(C(=O)O)ccc1NC(=O)c1cc(C)nc2c1cnn2C(C)C. The van der Waals surface area contributed by atoms with Gasteiger partial charge in [0.25, 0.3) is 5.91 Å². The predicted octanol–water partition coefficient (Wildman–Crippen LogP) is 3.28. The number of benzene rings is 1. The van der Waals surface area contributed by atoms with E-state index >= 15 is 0 Å². The first-order valence-electron chi connectivity index (χ1n) is 8.39. The number of aromatic carboxylic acids is 1. The molecule has 2 heterocycles. The maximum atomic E-state index is 12.9. The Morgan fingerprint density at radius 2 is 2.00 bits per heavy atom. The standard InChI is InChI=1S/C19H20N4O4/c1-10(2)23-17-14(9-20-23)13(7-11(3)21-17)18(24)22-15-6-5-12(19(25)26)8-16(15)27-4/h5-10H,1-4H3,(H,22,24)(H,25,26). The molecule has 0 saturated carbocycles. The number of carbonyl (C=O) groups excluding carboxylic acids is 1. The van der Waals surface area contributed by atoms with Gasteiger partial charge in [0.1, 0.15) is 5.75 Å². The molecular formula is C19H20N4O4. The van der Waals surface area contributed by atoms with E-state index in [2.05, 4.69) is 15.4 Å². The molecular weight excluding hydrogens is 348 g/mol. The molecule has 3 rings (SSSR count). The molecule has 0 aliphatic carbocycles. The molecule has 8 nitrogen and oxygen atoms in total. The minimum atomic E-state index is -1.07. The van der Waals surface area contributed by atoms with E-state index < -0.39 is 5.97 Å². The number of nitrogens with zero attached hydrogens (tertiary/aromatic N) is 3. The second kappa shape index (κ2) is 7.06. The lowest BCUT2D eigenvalue weighted by molar-refractivity contribution is 0.0696. The summed E-state index contributed by atoms with van der Waals surface area (Å²) < 4.78 is 6.98. The summed E-state index contributed by atoms with van der Waals surface area (Å²) in [6.07, 6.45) is 1.63. The molecule has 0 atom stereocenters. The van der Waals surface area contributed by atoms with Crippen LogP contribution in [0.25, 0.3) is 11.0 Å². The summed E-state index contributed by atoms with van der Waals surface area (Å²) in [7, 11) is 1.41. The van der Waals surface area contributed by atoms with Crippen LogP contribution < -0.4 is 10.1 Å². The molecule has 1 amide bonds. The zero-order valence-electron chi connectivity index (χ0n) is 15.5. The average molecular weight is 368 g/mol. The Labute approximate surface area is 155 Å². The zero-order chi connectivity index (χ0) is 19.7. The summed E-state index contributed by atoms with van der Waals surface area (Å²) in [5, 5.41) is 16.9. The van der Waals surface area contributed by atoms with E-state index in [1.807, 2.05) is 20.8 Å². The molecule has 140 valence electrons. The lowest BCUT2D eigenvalue weighted by Gasteiger charge is -2.12. The number of nitrogens with one attached hydrogen (secondary N) is 1. The number of rotatable bonds is 5. The molecule has 0 aliphatic heterocycles. The van der Waals surface area contributed by atoms with Crippen molar-refractivity contribution in [3.63, 3.8) is 0 Å². The number of methoxy groups -OCH3 is 1. The van der Waals surface area contributed by atoms with Crippen molar-refractivity contribution in [3.05, 3.63) is 47.3 Å². The number of anilines is 1. The first kappa shape index (κ1) is 18.4. The number of carboxylic acid groups (broad SMARTS) is 1. The third-order valence-electron chi connectivity index (χ3n) is 4.13. The first-order chi connectivity index (χ1) is 12.8. The summed E-state index contributed by atoms with van der Waals surface area (Å²) >= 11 is 0. The van der Waals surface area contributed by atoms with E-state index in [4.69, 9.17) is 9.84 Å². The van der Waals surface area contributed by atoms with Crippen molar-refractivity contribution in [3.8, 4) is 5.75 Å². The molecule has 0 aliphatic rings. The van der Waals surface area contributed by atoms with Gasteiger partial charge in [-0.05, 0) is 45.0 Å². The Balaban J connectivity index is 2.01. The van der Waals surface area contributed by atoms with Gasteiger partial charge in [0.05, 0.1) is 35.5 Å². The van der Waals surface area contributed by atoms with E-state index in [0.29, 0.717) is 28.0 Å². The van der Waals surface area contributed by atoms with Gasteiger partial charge in [0, 0.05) is 11.7 Å². The maximum absolute atomic E-state index is 12.9. The van der Waals surface area contributed by atoms with Crippen LogP contribution in [0.15, 0.2) is 30.5 Å². The fourth-order valence-electron chi connectivity index (χ4n) is 2.83. The number of amides is 1. The number of hydrogen-bond acceptors (Lipinski definition) is 5. The van der Waals surface area contributed by atoms with Gasteiger partial charge in [-0.2, -0.15) is 5.10 Å². The maximum Gasteiger partial charge on any atom is 0.335 e. The van der Waals surface area contributed by atoms with Gasteiger partial charge in [0.2, 0.25) is 0 Å². The van der Waals surface area contributed by atoms with Crippen LogP contribution in [0.4, 0.5) is 5.69 Å². The molecule has 2 aromatic heterocycles. The third-order valence-corrected chi connectivity index (χ3v) is 4.13. The lowest BCUT2D eigenvalue weighted by Crippen LogP contribution is -2.14. The van der Waals surface area contributed by atoms with Crippen LogP contribution in [0.1, 0.15) is 46.3 Å². The minimum absolute atomic E-state index is 0.0743. The number of aryl methyl sites for hydroxylation is 1. The third kappa shape index (κ3) is 3.46. The fraction of sp³-hybridized carbons (Fsp3) is 0.263. The summed E-state index contributed by atoms with van der Waals surface area (Å²) in [5.74, 6) is -1.16. The Bertz CT molecular complexity index is 1040. The highest BCUT2D eigenvalue weighted by Gasteiger charge is 2.18. The summed E-state index contributed by atoms with van der Waals surface area (Å²) in [5.41, 5.74) is 2.23. The summed E-state index contributed by atoms with van der Waals surface area (Å²) in [4.78, 5) is 28.5. The topological polar surface area (TPSA) is 106 Å². The van der Waals surface area contributed by atoms with Crippen molar-refractivity contribution in [1.82, 2.24) is 14.8 Å². The molecule has 0 fully saturated rings. The van der Waals surface area contributed by atoms with Crippen LogP contribution in [0.3, 0.4) is 0 Å². The van der Waals surface area contributed by atoms with Gasteiger partial charge in [-0.1, -0.05) is 0 Å². The van der Waals surface area contributed by atoms with Crippen molar-refractivity contribution in [2.24, 2.45) is 0 Å². The number of ether oxygens (including phenoxy) is 1. The van der Waals surface area contributed by atoms with Crippen LogP contribution in [0, 0.1) is 6.92 Å². The Morgan fingerprint density at radius 3 is 2.63 bits per heavy atom. The highest BCUT2D eigenvalue weighted by Crippen LogP contribution is 2.28. The first-order valence-corrected chi connectivity index (χ1v) is 8.39. The second-order valence-electron chi connectivity index (χ2n) is 6.41. The monoisotopic (exact) mass is 368 g/mol. The van der Waals surface area contributed by atoms with Crippen LogP contribution in [-0.2, 0) is 0 Å². The molecule has 0 bridgehead atoms. The highest BCUT2D eigenvalue weighted by molar-refractivity contribution is 6.12. The molecule has 0 spiro atoms. The van der Waals surface area contributed by atoms with Gasteiger partial charge in [-0.25, -0.2) is 14.5 Å². The van der Waals surface area contributed by atoms with Gasteiger partial charge in [-0.3, -0.25) is 4.79 Å². The van der Waals surface area contributed by atoms with Crippen molar-refractivity contribution in [1.29, 1.82) is 0 Å². The van der Waals surface area contributed by atoms with Gasteiger partial charge >= 0.3 is 5.97 Å². The van der Waals surface area contributed by atoms with Gasteiger partial charge in [0.15, 0.2) is 5.65 Å². The second-order valence-corrected chi connectivity index (χ2v) is 6.41. The Morgan fingerprint density at radius 1 is 1.26 bits per heavy atom. The fourth-order valence-corrected chi connectivity index (χ4v) is 2.83. The van der Waals surface area contributed by atoms with Crippen LogP contribution >= 0.6 is 0 Å². The largest absolute Gasteiger partial charge is 0.495 e. The quantitative estimate of drug-likeness (QED) is 0.716. The number of aromatic nitrogens is 3. The predicted molar refractivity (Wildman–Crippen MR) is 101 cm³/mol. The smallest absolute Gasteiger partial charge is 0.335 e. The summed E-state index contributed by atoms with van der Waals surface area (Å²) in [6, 6.07) is 6.08. The molecule has 1 aromatic carbocycles. The average Bonchev–Trinajstić information content (AvgIpc) is 3.04. The number of pyridine rings is 1. The number of fused-ring (bicyclic) bond motifs is 1. The molecule has 8 heteroatoms. The lowest BCUT2D eigenvalue weighted by atomic mass is 10.1. The number of carbonyl (C=O) groups is 2. The molecule has 0 saturated heterocycles. The van der Waals surface area contributed by atoms with E-state index in [1.165, 1.54) is 25.3 Å². The van der Waals surface area contributed by atoms with Crippen LogP contribution in [0.5, 0.6) is 5.75 Å². The molecule has 0 radical (unpaired) electrons. The minimum Gasteiger partial charge on any atom is -0.495 e. The van der Waals surface area contributed by atoms with Crippen molar-refractivity contribution in [2.45, 2.75) is 26.8 Å². The molecule has 3 aromatic rings. The van der Waals surface area contributed by atoms with Crippen molar-refractivity contribution >= 4 is 28.6 Å². The molecule has 0 unspecified atom stereocenters. The summed E-state index contributed by atoms with van der Waals surface area (Å²) in [6.45, 7) is 5.80. The molecule has 2 N–H and O–H groups in total. The normalized spacial score (nSPS) is 11.0. The Kier molecular flexibility index (Phi) is 4.81. The number of hydrogen-bond donors (Lipinski definition) is 2. The Hall–Kier alpha value is -3.42. The van der Waals surface area contributed by atoms with Crippen molar-refractivity contribution < 1.29 is 19.4 Å². The van der Waals surface area contributed by atoms with Crippen LogP contribution in [-0.4, -0.2) is 38.9 Å². The van der Waals surface area contributed by atoms with E-state index in [-0.39, 0.29) is 23.3 Å². The van der Waals surface area contributed by atoms with E-state index in [0.717, 1.165) is 0 Å². The highest BCUT2D eigenvalue weighted by atomic mass is 16.5. The van der Waals surface area contributed by atoms with Gasteiger partial charge < -0.3 is 15.2 Å². The zero-order valence-corrected chi connectivity index (χ0v) is 15.5. The van der Waals surface area contributed by atoms with Crippen LogP contribution in [0.2, 0.25) is 0 Å². The van der Waals surface area contributed by atoms with Crippen molar-refractivity contribution in [2.75, 3.05) is 12.4 Å². The molecule has 27 heavy (non-hydrogen) atoms.